The van der Waals surface area contributed by atoms with Crippen LogP contribution in [-0.4, -0.2) is 27.3 Å². The standard InChI is InChI=1S/C29H28Cl2N4O4/c1-15-19(7-8-23(31)26(15)38-21-10-18(13-32)9-20(30)12-21)11-24-34-35-27(39-24)25-16(2)22(14-33-25)28(36)37-17(3)29(4,5)6/h7-10,12,14,17,33H,11H2,1-6H3. The second-order valence-electron chi connectivity index (χ2n) is 10.3. The Balaban J connectivity index is 1.54. The number of halogens is 2. The Morgan fingerprint density at radius 2 is 1.90 bits per heavy atom. The topological polar surface area (TPSA) is 114 Å². The summed E-state index contributed by atoms with van der Waals surface area (Å²) in [4.78, 5) is 15.8. The van der Waals surface area contributed by atoms with Crippen LogP contribution in [-0.2, 0) is 11.2 Å². The molecule has 1 N–H and O–H groups in total. The van der Waals surface area contributed by atoms with E-state index in [1.54, 1.807) is 37.4 Å². The van der Waals surface area contributed by atoms with Crippen LogP contribution in [0.1, 0.15) is 66.2 Å². The highest BCUT2D eigenvalue weighted by Crippen LogP contribution is 2.37. The van der Waals surface area contributed by atoms with Gasteiger partial charge in [-0.2, -0.15) is 5.26 Å². The number of carbonyl (C=O) groups is 1. The summed E-state index contributed by atoms with van der Waals surface area (Å²) in [5.41, 5.74) is 3.45. The number of aromatic amines is 1. The van der Waals surface area contributed by atoms with Crippen LogP contribution in [0.4, 0.5) is 0 Å². The van der Waals surface area contributed by atoms with E-state index in [1.807, 2.05) is 40.7 Å². The van der Waals surface area contributed by atoms with Crippen molar-refractivity contribution in [2.75, 3.05) is 0 Å². The number of esters is 1. The van der Waals surface area contributed by atoms with E-state index in [9.17, 15) is 10.1 Å². The molecule has 0 fully saturated rings. The number of nitrogens with one attached hydrogen (secondary N) is 1. The highest BCUT2D eigenvalue weighted by molar-refractivity contribution is 6.32. The van der Waals surface area contributed by atoms with Gasteiger partial charge in [-0.05, 0) is 67.1 Å². The van der Waals surface area contributed by atoms with Crippen LogP contribution in [0.2, 0.25) is 10.0 Å². The highest BCUT2D eigenvalue weighted by atomic mass is 35.5. The molecule has 39 heavy (non-hydrogen) atoms. The average molecular weight is 567 g/mol. The van der Waals surface area contributed by atoms with Crippen LogP contribution in [0, 0.1) is 30.6 Å². The molecular formula is C29H28Cl2N4O4. The van der Waals surface area contributed by atoms with Crippen molar-refractivity contribution in [2.24, 2.45) is 5.41 Å². The van der Waals surface area contributed by atoms with Gasteiger partial charge in [-0.1, -0.05) is 50.0 Å². The van der Waals surface area contributed by atoms with Crippen molar-refractivity contribution < 1.29 is 18.7 Å². The molecule has 0 aliphatic heterocycles. The number of benzene rings is 2. The van der Waals surface area contributed by atoms with Crippen molar-refractivity contribution in [3.05, 3.63) is 80.3 Å². The lowest BCUT2D eigenvalue weighted by Crippen LogP contribution is -2.28. The van der Waals surface area contributed by atoms with Crippen molar-refractivity contribution in [1.29, 1.82) is 5.26 Å². The smallest absolute Gasteiger partial charge is 0.340 e. The van der Waals surface area contributed by atoms with Crippen LogP contribution in [0.5, 0.6) is 11.5 Å². The molecule has 0 spiro atoms. The number of hydrogen-bond donors (Lipinski definition) is 1. The summed E-state index contributed by atoms with van der Waals surface area (Å²) in [5, 5.41) is 18.4. The maximum absolute atomic E-state index is 12.7. The molecule has 1 atom stereocenters. The normalized spacial score (nSPS) is 12.2. The quantitative estimate of drug-likeness (QED) is 0.226. The number of H-pyrrole nitrogens is 1. The van der Waals surface area contributed by atoms with Crippen molar-refractivity contribution >= 4 is 29.2 Å². The SMILES string of the molecule is Cc1c(C(=O)OC(C)C(C)(C)C)c[nH]c1-c1nnc(Cc2ccc(Cl)c(Oc3cc(Cl)cc(C#N)c3)c2C)o1. The minimum Gasteiger partial charge on any atom is -0.458 e. The van der Waals surface area contributed by atoms with Crippen LogP contribution in [0.15, 0.2) is 40.9 Å². The van der Waals surface area contributed by atoms with Gasteiger partial charge < -0.3 is 18.9 Å². The maximum Gasteiger partial charge on any atom is 0.340 e. The van der Waals surface area contributed by atoms with Gasteiger partial charge in [0, 0.05) is 11.2 Å². The Kier molecular flexibility index (Phi) is 8.05. The van der Waals surface area contributed by atoms with Gasteiger partial charge in [0.2, 0.25) is 5.89 Å². The van der Waals surface area contributed by atoms with E-state index in [0.29, 0.717) is 56.2 Å². The van der Waals surface area contributed by atoms with E-state index < -0.39 is 5.97 Å². The van der Waals surface area contributed by atoms with Crippen molar-refractivity contribution in [3.8, 4) is 29.2 Å². The molecule has 1 unspecified atom stereocenters. The fraction of sp³-hybridized carbons (Fsp3) is 0.310. The third-order valence-electron chi connectivity index (χ3n) is 6.58. The van der Waals surface area contributed by atoms with Gasteiger partial charge in [0.15, 0.2) is 0 Å². The lowest BCUT2D eigenvalue weighted by molar-refractivity contribution is 0.00475. The molecule has 0 radical (unpaired) electrons. The minimum atomic E-state index is -0.414. The second-order valence-corrected chi connectivity index (χ2v) is 11.2. The summed E-state index contributed by atoms with van der Waals surface area (Å²) in [5.74, 6) is 1.05. The van der Waals surface area contributed by atoms with Gasteiger partial charge in [-0.25, -0.2) is 4.79 Å². The lowest BCUT2D eigenvalue weighted by Gasteiger charge is -2.26. The maximum atomic E-state index is 12.7. The first-order valence-electron chi connectivity index (χ1n) is 12.3. The van der Waals surface area contributed by atoms with Crippen LogP contribution in [0.3, 0.4) is 0 Å². The molecule has 10 heteroatoms. The van der Waals surface area contributed by atoms with E-state index in [0.717, 1.165) is 11.1 Å². The molecule has 0 aliphatic carbocycles. The average Bonchev–Trinajstić information content (AvgIpc) is 3.48. The Labute approximate surface area is 236 Å². The molecule has 2 aromatic heterocycles. The van der Waals surface area contributed by atoms with Gasteiger partial charge in [-0.3, -0.25) is 0 Å². The third kappa shape index (κ3) is 6.27. The molecule has 0 amide bonds. The van der Waals surface area contributed by atoms with Gasteiger partial charge in [0.05, 0.1) is 28.6 Å². The van der Waals surface area contributed by atoms with E-state index in [4.69, 9.17) is 37.1 Å². The summed E-state index contributed by atoms with van der Waals surface area (Å²) >= 11 is 12.6. The first-order valence-corrected chi connectivity index (χ1v) is 13.0. The fourth-order valence-corrected chi connectivity index (χ4v) is 4.21. The van der Waals surface area contributed by atoms with Crippen molar-refractivity contribution in [1.82, 2.24) is 15.2 Å². The summed E-state index contributed by atoms with van der Waals surface area (Å²) < 4.78 is 17.6. The second kappa shape index (κ2) is 11.1. The van der Waals surface area contributed by atoms with Gasteiger partial charge >= 0.3 is 5.97 Å². The Morgan fingerprint density at radius 3 is 2.59 bits per heavy atom. The van der Waals surface area contributed by atoms with E-state index in [-0.39, 0.29) is 17.4 Å². The number of nitriles is 1. The van der Waals surface area contributed by atoms with Crippen LogP contribution >= 0.6 is 23.2 Å². The fourth-order valence-electron chi connectivity index (χ4n) is 3.74. The van der Waals surface area contributed by atoms with Gasteiger partial charge in [-0.15, -0.1) is 10.2 Å². The minimum absolute atomic E-state index is 0.178. The monoisotopic (exact) mass is 566 g/mol. The molecule has 0 saturated heterocycles. The van der Waals surface area contributed by atoms with E-state index in [2.05, 4.69) is 21.3 Å². The van der Waals surface area contributed by atoms with Crippen molar-refractivity contribution in [2.45, 2.75) is 54.1 Å². The number of carbonyl (C=O) groups excluding carboxylic acids is 1. The summed E-state index contributed by atoms with van der Waals surface area (Å²) in [6.07, 6.45) is 1.65. The molecule has 8 nitrogen and oxygen atoms in total. The molecule has 4 aromatic rings. The largest absolute Gasteiger partial charge is 0.458 e. The first kappa shape index (κ1) is 28.2. The Morgan fingerprint density at radius 1 is 1.15 bits per heavy atom. The van der Waals surface area contributed by atoms with Gasteiger partial charge in [0.1, 0.15) is 23.3 Å². The summed E-state index contributed by atoms with van der Waals surface area (Å²) in [7, 11) is 0. The highest BCUT2D eigenvalue weighted by Gasteiger charge is 2.27. The van der Waals surface area contributed by atoms with E-state index >= 15 is 0 Å². The zero-order valence-electron chi connectivity index (χ0n) is 22.5. The van der Waals surface area contributed by atoms with Crippen molar-refractivity contribution in [3.63, 3.8) is 0 Å². The number of nitrogens with zero attached hydrogens (tertiary/aromatic N) is 3. The molecule has 0 saturated carbocycles. The van der Waals surface area contributed by atoms with E-state index in [1.165, 1.54) is 0 Å². The van der Waals surface area contributed by atoms with Crippen LogP contribution in [0.25, 0.3) is 11.6 Å². The number of aromatic nitrogens is 3. The van der Waals surface area contributed by atoms with Gasteiger partial charge in [0.25, 0.3) is 5.89 Å². The first-order chi connectivity index (χ1) is 18.4. The zero-order valence-corrected chi connectivity index (χ0v) is 24.0. The summed E-state index contributed by atoms with van der Waals surface area (Å²) in [6.45, 7) is 11.6. The third-order valence-corrected chi connectivity index (χ3v) is 7.09. The molecule has 0 bridgehead atoms. The summed E-state index contributed by atoms with van der Waals surface area (Å²) in [6, 6.07) is 10.4. The molecule has 2 heterocycles. The Hall–Kier alpha value is -3.80. The number of hydrogen-bond acceptors (Lipinski definition) is 7. The van der Waals surface area contributed by atoms with Crippen LogP contribution < -0.4 is 4.74 Å². The predicted octanol–water partition coefficient (Wildman–Crippen LogP) is 7.83. The zero-order chi connectivity index (χ0) is 28.5. The molecule has 202 valence electrons. The number of rotatable bonds is 7. The predicted molar refractivity (Wildman–Crippen MR) is 148 cm³/mol. The molecule has 4 rings (SSSR count). The lowest BCUT2D eigenvalue weighted by atomic mass is 9.90. The molecule has 2 aromatic carbocycles. The Bertz CT molecular complexity index is 1580. The number of ether oxygens (including phenoxy) is 2. The molecular weight excluding hydrogens is 539 g/mol. The molecule has 0 aliphatic rings.